The lowest BCUT2D eigenvalue weighted by atomic mass is 10.1. The van der Waals surface area contributed by atoms with Gasteiger partial charge in [-0.1, -0.05) is 30.1 Å². The number of carbonyl (C=O) groups is 1. The van der Waals surface area contributed by atoms with Gasteiger partial charge in [0.25, 0.3) is 5.91 Å². The van der Waals surface area contributed by atoms with Crippen LogP contribution in [0.1, 0.15) is 35.6 Å². The average molecular weight is 298 g/mol. The zero-order valence-corrected chi connectivity index (χ0v) is 11.8. The summed E-state index contributed by atoms with van der Waals surface area (Å²) in [4.78, 5) is 19.3. The molecule has 0 fully saturated rings. The number of hydrogen-bond acceptors (Lipinski definition) is 2. The molecule has 0 spiro atoms. The van der Waals surface area contributed by atoms with Gasteiger partial charge in [-0.3, -0.25) is 4.79 Å². The first-order chi connectivity index (χ1) is 9.11. The fraction of sp³-hybridized carbons (Fsp3) is 0.231. The number of H-pyrrole nitrogens is 1. The van der Waals surface area contributed by atoms with Crippen LogP contribution < -0.4 is 5.32 Å². The van der Waals surface area contributed by atoms with E-state index >= 15 is 0 Å². The highest BCUT2D eigenvalue weighted by Crippen LogP contribution is 2.23. The van der Waals surface area contributed by atoms with Crippen molar-refractivity contribution in [1.29, 1.82) is 0 Å². The topological polar surface area (TPSA) is 57.8 Å². The first-order valence-corrected chi connectivity index (χ1v) is 6.62. The van der Waals surface area contributed by atoms with Crippen LogP contribution in [0.25, 0.3) is 0 Å². The summed E-state index contributed by atoms with van der Waals surface area (Å²) in [6, 6.07) is 4.64. The third kappa shape index (κ3) is 3.28. The Morgan fingerprint density at radius 1 is 1.42 bits per heavy atom. The quantitative estimate of drug-likeness (QED) is 0.906. The Morgan fingerprint density at radius 3 is 2.79 bits per heavy atom. The number of imidazole rings is 1. The highest BCUT2D eigenvalue weighted by molar-refractivity contribution is 6.42. The monoisotopic (exact) mass is 297 g/mol. The number of hydrogen-bond donors (Lipinski definition) is 2. The Hall–Kier alpha value is -1.52. The van der Waals surface area contributed by atoms with Crippen molar-refractivity contribution >= 4 is 29.1 Å². The molecule has 1 unspecified atom stereocenters. The number of aromatic amines is 1. The number of amides is 1. The van der Waals surface area contributed by atoms with Crippen LogP contribution in [0.4, 0.5) is 0 Å². The lowest BCUT2D eigenvalue weighted by molar-refractivity contribution is 0.0934. The number of carbonyl (C=O) groups excluding carboxylic acids is 1. The number of nitrogens with one attached hydrogen (secondary N) is 2. The summed E-state index contributed by atoms with van der Waals surface area (Å²) in [5, 5.41) is 3.69. The van der Waals surface area contributed by atoms with Crippen LogP contribution in [0.15, 0.2) is 30.6 Å². The predicted molar refractivity (Wildman–Crippen MR) is 75.5 cm³/mol. The van der Waals surface area contributed by atoms with E-state index in [1.165, 1.54) is 0 Å². The summed E-state index contributed by atoms with van der Waals surface area (Å²) in [6.07, 6.45) is 4.12. The van der Waals surface area contributed by atoms with E-state index in [1.807, 2.05) is 6.92 Å². The molecule has 0 aliphatic carbocycles. The van der Waals surface area contributed by atoms with Crippen LogP contribution in [0.2, 0.25) is 10.0 Å². The number of nitrogens with zero attached hydrogens (tertiary/aromatic N) is 1. The molecular weight excluding hydrogens is 285 g/mol. The van der Waals surface area contributed by atoms with E-state index in [2.05, 4.69) is 15.3 Å². The molecular formula is C13H13Cl2N3O. The Balaban J connectivity index is 2.13. The lowest BCUT2D eigenvalue weighted by Crippen LogP contribution is -2.28. The minimum Gasteiger partial charge on any atom is -0.347 e. The molecule has 2 aromatic rings. The van der Waals surface area contributed by atoms with E-state index in [9.17, 15) is 4.79 Å². The molecule has 1 aromatic carbocycles. The molecule has 0 saturated carbocycles. The van der Waals surface area contributed by atoms with E-state index in [0.717, 1.165) is 12.2 Å². The first-order valence-electron chi connectivity index (χ1n) is 5.87. The van der Waals surface area contributed by atoms with Gasteiger partial charge >= 0.3 is 0 Å². The predicted octanol–water partition coefficient (Wildman–Crippen LogP) is 3.60. The van der Waals surface area contributed by atoms with Gasteiger partial charge in [-0.25, -0.2) is 4.98 Å². The van der Waals surface area contributed by atoms with Crippen LogP contribution in [-0.4, -0.2) is 15.9 Å². The Bertz CT molecular complexity index is 569. The number of benzene rings is 1. The van der Waals surface area contributed by atoms with Gasteiger partial charge in [0, 0.05) is 18.0 Å². The maximum Gasteiger partial charge on any atom is 0.251 e. The highest BCUT2D eigenvalue weighted by Gasteiger charge is 2.16. The van der Waals surface area contributed by atoms with Gasteiger partial charge in [-0.15, -0.1) is 0 Å². The second kappa shape index (κ2) is 6.08. The molecule has 1 aromatic heterocycles. The highest BCUT2D eigenvalue weighted by atomic mass is 35.5. The van der Waals surface area contributed by atoms with Gasteiger partial charge in [0.2, 0.25) is 0 Å². The van der Waals surface area contributed by atoms with Crippen molar-refractivity contribution in [2.45, 2.75) is 19.4 Å². The Kier molecular flexibility index (Phi) is 4.45. The molecule has 0 aliphatic rings. The third-order valence-corrected chi connectivity index (χ3v) is 3.48. The molecule has 4 nitrogen and oxygen atoms in total. The van der Waals surface area contributed by atoms with Crippen LogP contribution in [-0.2, 0) is 0 Å². The molecule has 0 aliphatic heterocycles. The minimum atomic E-state index is -0.207. The molecule has 1 heterocycles. The van der Waals surface area contributed by atoms with Gasteiger partial charge in [0.15, 0.2) is 0 Å². The van der Waals surface area contributed by atoms with Gasteiger partial charge in [-0.2, -0.15) is 0 Å². The van der Waals surface area contributed by atoms with Crippen molar-refractivity contribution in [2.24, 2.45) is 0 Å². The standard InChI is InChI=1S/C13H13Cl2N3O/c1-2-11(12-16-5-6-17-12)18-13(19)8-3-4-9(14)10(15)7-8/h3-7,11H,2H2,1H3,(H,16,17)(H,18,19). The molecule has 1 amide bonds. The van der Waals surface area contributed by atoms with E-state index in [1.54, 1.807) is 30.6 Å². The molecule has 6 heteroatoms. The average Bonchev–Trinajstić information content (AvgIpc) is 2.92. The zero-order valence-electron chi connectivity index (χ0n) is 10.3. The number of aromatic nitrogens is 2. The van der Waals surface area contributed by atoms with Crippen molar-refractivity contribution in [3.8, 4) is 0 Å². The fourth-order valence-electron chi connectivity index (χ4n) is 1.71. The van der Waals surface area contributed by atoms with Crippen molar-refractivity contribution in [3.63, 3.8) is 0 Å². The smallest absolute Gasteiger partial charge is 0.251 e. The van der Waals surface area contributed by atoms with Crippen LogP contribution in [0.5, 0.6) is 0 Å². The molecule has 100 valence electrons. The van der Waals surface area contributed by atoms with Crippen molar-refractivity contribution < 1.29 is 4.79 Å². The van der Waals surface area contributed by atoms with E-state index in [0.29, 0.717) is 15.6 Å². The van der Waals surface area contributed by atoms with Gasteiger partial charge in [0.1, 0.15) is 5.82 Å². The van der Waals surface area contributed by atoms with Crippen LogP contribution in [0, 0.1) is 0 Å². The van der Waals surface area contributed by atoms with Gasteiger partial charge < -0.3 is 10.3 Å². The third-order valence-electron chi connectivity index (χ3n) is 2.74. The van der Waals surface area contributed by atoms with Crippen LogP contribution in [0.3, 0.4) is 0 Å². The molecule has 0 bridgehead atoms. The van der Waals surface area contributed by atoms with Crippen LogP contribution >= 0.6 is 23.2 Å². The summed E-state index contributed by atoms with van der Waals surface area (Å²) < 4.78 is 0. The molecule has 0 saturated heterocycles. The van der Waals surface area contributed by atoms with E-state index < -0.39 is 0 Å². The normalized spacial score (nSPS) is 12.2. The summed E-state index contributed by atoms with van der Waals surface area (Å²) in [6.45, 7) is 1.97. The van der Waals surface area contributed by atoms with Gasteiger partial charge in [0.05, 0.1) is 16.1 Å². The Labute approximate surface area is 121 Å². The summed E-state index contributed by atoms with van der Waals surface area (Å²) in [5.74, 6) is 0.526. The maximum atomic E-state index is 12.1. The molecule has 2 rings (SSSR count). The largest absolute Gasteiger partial charge is 0.347 e. The first kappa shape index (κ1) is 13.9. The molecule has 0 radical (unpaired) electrons. The second-order valence-corrected chi connectivity index (χ2v) is 4.85. The van der Waals surface area contributed by atoms with E-state index in [-0.39, 0.29) is 11.9 Å². The molecule has 1 atom stereocenters. The summed E-state index contributed by atoms with van der Waals surface area (Å²) in [7, 11) is 0. The number of rotatable bonds is 4. The summed E-state index contributed by atoms with van der Waals surface area (Å²) >= 11 is 11.7. The maximum absolute atomic E-state index is 12.1. The minimum absolute atomic E-state index is 0.156. The molecule has 2 N–H and O–H groups in total. The fourth-order valence-corrected chi connectivity index (χ4v) is 2.01. The molecule has 19 heavy (non-hydrogen) atoms. The van der Waals surface area contributed by atoms with Crippen molar-refractivity contribution in [1.82, 2.24) is 15.3 Å². The second-order valence-electron chi connectivity index (χ2n) is 4.04. The zero-order chi connectivity index (χ0) is 13.8. The lowest BCUT2D eigenvalue weighted by Gasteiger charge is -2.14. The van der Waals surface area contributed by atoms with Crippen molar-refractivity contribution in [3.05, 3.63) is 52.0 Å². The summed E-state index contributed by atoms with van der Waals surface area (Å²) in [5.41, 5.74) is 0.472. The SMILES string of the molecule is CCC(NC(=O)c1ccc(Cl)c(Cl)c1)c1ncc[nH]1. The Morgan fingerprint density at radius 2 is 2.21 bits per heavy atom. The van der Waals surface area contributed by atoms with E-state index in [4.69, 9.17) is 23.2 Å². The number of halogens is 2. The van der Waals surface area contributed by atoms with Gasteiger partial charge in [-0.05, 0) is 24.6 Å². The van der Waals surface area contributed by atoms with Crippen molar-refractivity contribution in [2.75, 3.05) is 0 Å².